The van der Waals surface area contributed by atoms with E-state index in [1.165, 1.54) is 0 Å². The second-order valence-corrected chi connectivity index (χ2v) is 10.3. The number of aryl methyl sites for hydroxylation is 1. The Balaban J connectivity index is 1.41. The van der Waals surface area contributed by atoms with Crippen LogP contribution in [-0.4, -0.2) is 54.1 Å². The minimum atomic E-state index is -3.39. The first-order valence-corrected chi connectivity index (χ1v) is 12.3. The SMILES string of the molecule is CNCc1ccc(-c2nnc(-c3nc(-c4ccc(S(=O)(=O)C5COC5)cc4)cnc3C)o2)cc1. The summed E-state index contributed by atoms with van der Waals surface area (Å²) in [5, 5.41) is 11.0. The summed E-state index contributed by atoms with van der Waals surface area (Å²) in [7, 11) is -1.49. The van der Waals surface area contributed by atoms with Gasteiger partial charge in [-0.15, -0.1) is 10.2 Å². The van der Waals surface area contributed by atoms with Gasteiger partial charge < -0.3 is 14.5 Å². The highest BCUT2D eigenvalue weighted by Crippen LogP contribution is 2.28. The molecular weight excluding hydrogens is 454 g/mol. The molecule has 1 aliphatic heterocycles. The molecule has 0 aliphatic carbocycles. The van der Waals surface area contributed by atoms with Crippen molar-refractivity contribution in [1.82, 2.24) is 25.5 Å². The molecule has 10 heteroatoms. The lowest BCUT2D eigenvalue weighted by molar-refractivity contribution is 0.0416. The quantitative estimate of drug-likeness (QED) is 0.428. The van der Waals surface area contributed by atoms with Gasteiger partial charge in [-0.25, -0.2) is 13.4 Å². The summed E-state index contributed by atoms with van der Waals surface area (Å²) >= 11 is 0. The first kappa shape index (κ1) is 22.3. The third-order valence-corrected chi connectivity index (χ3v) is 7.77. The lowest BCUT2D eigenvalue weighted by atomic mass is 10.1. The molecule has 0 amide bonds. The van der Waals surface area contributed by atoms with E-state index in [4.69, 9.17) is 9.15 Å². The zero-order chi connectivity index (χ0) is 23.7. The van der Waals surface area contributed by atoms with Crippen LogP contribution in [0, 0.1) is 6.92 Å². The van der Waals surface area contributed by atoms with Crippen molar-refractivity contribution >= 4 is 9.84 Å². The van der Waals surface area contributed by atoms with Crippen molar-refractivity contribution in [2.45, 2.75) is 23.6 Å². The molecule has 0 atom stereocenters. The average Bonchev–Trinajstić information content (AvgIpc) is 3.29. The summed E-state index contributed by atoms with van der Waals surface area (Å²) in [6.07, 6.45) is 1.64. The molecule has 1 saturated heterocycles. The zero-order valence-electron chi connectivity index (χ0n) is 18.7. The van der Waals surface area contributed by atoms with Crippen LogP contribution in [0.5, 0.6) is 0 Å². The number of nitrogens with zero attached hydrogens (tertiary/aromatic N) is 4. The van der Waals surface area contributed by atoms with Crippen LogP contribution in [0.2, 0.25) is 0 Å². The van der Waals surface area contributed by atoms with Crippen LogP contribution in [0.15, 0.2) is 64.0 Å². The fraction of sp³-hybridized carbons (Fsp3) is 0.250. The van der Waals surface area contributed by atoms with Crippen molar-refractivity contribution in [2.75, 3.05) is 20.3 Å². The molecule has 9 nitrogen and oxygen atoms in total. The first-order chi connectivity index (χ1) is 16.5. The third-order valence-electron chi connectivity index (χ3n) is 5.69. The Kier molecular flexibility index (Phi) is 5.94. The monoisotopic (exact) mass is 477 g/mol. The molecule has 34 heavy (non-hydrogen) atoms. The number of hydrogen-bond donors (Lipinski definition) is 1. The molecule has 4 aromatic rings. The Morgan fingerprint density at radius 1 is 0.971 bits per heavy atom. The van der Waals surface area contributed by atoms with Gasteiger partial charge in [0.05, 0.1) is 35.7 Å². The van der Waals surface area contributed by atoms with Crippen LogP contribution < -0.4 is 5.32 Å². The van der Waals surface area contributed by atoms with Gasteiger partial charge in [-0.1, -0.05) is 24.3 Å². The van der Waals surface area contributed by atoms with Crippen molar-refractivity contribution in [2.24, 2.45) is 0 Å². The second-order valence-electron chi connectivity index (χ2n) is 8.06. The molecule has 174 valence electrons. The molecule has 1 N–H and O–H groups in total. The van der Waals surface area contributed by atoms with Crippen molar-refractivity contribution in [1.29, 1.82) is 0 Å². The standard InChI is InChI=1S/C24H23N5O4S/c1-15-22(24-29-28-23(33-24)18-5-3-16(4-6-18)11-25-2)27-21(12-26-15)17-7-9-19(10-8-17)34(30,31)20-13-32-14-20/h3-10,12,20,25H,11,13-14H2,1-2H3. The summed E-state index contributed by atoms with van der Waals surface area (Å²) in [6.45, 7) is 3.07. The maximum atomic E-state index is 12.6. The van der Waals surface area contributed by atoms with Gasteiger partial charge in [-0.3, -0.25) is 4.98 Å². The number of ether oxygens (including phenoxy) is 1. The normalized spacial score (nSPS) is 14.2. The molecule has 2 aromatic carbocycles. The zero-order valence-corrected chi connectivity index (χ0v) is 19.5. The molecule has 0 radical (unpaired) electrons. The van der Waals surface area contributed by atoms with Crippen LogP contribution in [0.4, 0.5) is 0 Å². The fourth-order valence-electron chi connectivity index (χ4n) is 3.60. The Hall–Kier alpha value is -3.47. The lowest BCUT2D eigenvalue weighted by Crippen LogP contribution is -2.40. The van der Waals surface area contributed by atoms with Gasteiger partial charge in [0.15, 0.2) is 9.84 Å². The van der Waals surface area contributed by atoms with E-state index >= 15 is 0 Å². The summed E-state index contributed by atoms with van der Waals surface area (Å²) in [5.74, 6) is 0.664. The van der Waals surface area contributed by atoms with Gasteiger partial charge in [-0.2, -0.15) is 0 Å². The Morgan fingerprint density at radius 3 is 2.29 bits per heavy atom. The predicted molar refractivity (Wildman–Crippen MR) is 125 cm³/mol. The van der Waals surface area contributed by atoms with E-state index in [1.54, 1.807) is 30.5 Å². The van der Waals surface area contributed by atoms with Gasteiger partial charge >= 0.3 is 0 Å². The van der Waals surface area contributed by atoms with E-state index in [-0.39, 0.29) is 24.0 Å². The maximum Gasteiger partial charge on any atom is 0.268 e. The first-order valence-electron chi connectivity index (χ1n) is 10.8. The van der Waals surface area contributed by atoms with Gasteiger partial charge in [0.2, 0.25) is 5.89 Å². The summed E-state index contributed by atoms with van der Waals surface area (Å²) in [4.78, 5) is 9.38. The average molecular weight is 478 g/mol. The largest absolute Gasteiger partial charge is 0.415 e. The van der Waals surface area contributed by atoms with Crippen molar-refractivity contribution in [3.63, 3.8) is 0 Å². The van der Waals surface area contributed by atoms with Gasteiger partial charge in [0.25, 0.3) is 5.89 Å². The van der Waals surface area contributed by atoms with E-state index in [2.05, 4.69) is 25.5 Å². The Labute approximate surface area is 197 Å². The number of rotatable bonds is 7. The molecule has 3 heterocycles. The summed E-state index contributed by atoms with van der Waals surface area (Å²) in [5.41, 5.74) is 4.40. The van der Waals surface area contributed by atoms with Crippen molar-refractivity contribution in [3.05, 3.63) is 66.0 Å². The molecule has 5 rings (SSSR count). The minimum Gasteiger partial charge on any atom is -0.415 e. The summed E-state index contributed by atoms with van der Waals surface area (Å²) in [6, 6.07) is 14.5. The Morgan fingerprint density at radius 2 is 1.65 bits per heavy atom. The van der Waals surface area contributed by atoms with E-state index in [0.29, 0.717) is 23.0 Å². The minimum absolute atomic E-state index is 0.239. The molecule has 1 fully saturated rings. The highest BCUT2D eigenvalue weighted by Gasteiger charge is 2.33. The van der Waals surface area contributed by atoms with Crippen molar-refractivity contribution < 1.29 is 17.6 Å². The molecule has 0 saturated carbocycles. The molecule has 1 aliphatic rings. The number of aromatic nitrogens is 4. The van der Waals surface area contributed by atoms with E-state index in [9.17, 15) is 8.42 Å². The van der Waals surface area contributed by atoms with Crippen molar-refractivity contribution in [3.8, 4) is 34.3 Å². The highest BCUT2D eigenvalue weighted by atomic mass is 32.2. The second kappa shape index (κ2) is 9.05. The van der Waals surface area contributed by atoms with Crippen LogP contribution >= 0.6 is 0 Å². The smallest absolute Gasteiger partial charge is 0.268 e. The fourth-order valence-corrected chi connectivity index (χ4v) is 5.05. The molecular formula is C24H23N5O4S. The number of benzene rings is 2. The maximum absolute atomic E-state index is 12.6. The van der Waals surface area contributed by atoms with Crippen LogP contribution in [0.25, 0.3) is 34.3 Å². The van der Waals surface area contributed by atoms with Gasteiger partial charge in [0, 0.05) is 17.7 Å². The lowest BCUT2D eigenvalue weighted by Gasteiger charge is -2.25. The third kappa shape index (κ3) is 4.23. The van der Waals surface area contributed by atoms with Gasteiger partial charge in [-0.05, 0) is 43.8 Å². The van der Waals surface area contributed by atoms with Gasteiger partial charge in [0.1, 0.15) is 10.9 Å². The highest BCUT2D eigenvalue weighted by molar-refractivity contribution is 7.92. The van der Waals surface area contributed by atoms with Crippen LogP contribution in [0.1, 0.15) is 11.3 Å². The topological polar surface area (TPSA) is 120 Å². The molecule has 0 bridgehead atoms. The van der Waals surface area contributed by atoms with E-state index in [0.717, 1.165) is 23.2 Å². The van der Waals surface area contributed by atoms with E-state index < -0.39 is 15.1 Å². The van der Waals surface area contributed by atoms with Crippen LogP contribution in [-0.2, 0) is 21.1 Å². The van der Waals surface area contributed by atoms with Crippen LogP contribution in [0.3, 0.4) is 0 Å². The summed E-state index contributed by atoms with van der Waals surface area (Å²) < 4.78 is 36.1. The number of nitrogens with one attached hydrogen (secondary N) is 1. The van der Waals surface area contributed by atoms with E-state index in [1.807, 2.05) is 38.2 Å². The Bertz CT molecular complexity index is 1410. The molecule has 0 spiro atoms. The molecule has 2 aromatic heterocycles. The predicted octanol–water partition coefficient (Wildman–Crippen LogP) is 3.06. The molecule has 0 unspecified atom stereocenters. The number of hydrogen-bond acceptors (Lipinski definition) is 9. The number of sulfone groups is 1.